The monoisotopic (exact) mass is 582 g/mol. The molecular formula is C33H39BN4O5. The zero-order chi connectivity index (χ0) is 29.9. The van der Waals surface area contributed by atoms with Crippen molar-refractivity contribution in [3.63, 3.8) is 0 Å². The lowest BCUT2D eigenvalue weighted by molar-refractivity contribution is -0.150. The number of hydrogen-bond acceptors (Lipinski definition) is 7. The quantitative estimate of drug-likeness (QED) is 0.268. The second kappa shape index (κ2) is 10.8. The fourth-order valence-electron chi connectivity index (χ4n) is 7.63. The minimum atomic E-state index is -0.864. The number of likely N-dealkylation sites (tertiary alicyclic amines) is 2. The average molecular weight is 583 g/mol. The Bertz CT molecular complexity index is 1690. The lowest BCUT2D eigenvalue weighted by Gasteiger charge is -2.39. The van der Waals surface area contributed by atoms with Gasteiger partial charge in [-0.15, -0.1) is 0 Å². The highest BCUT2D eigenvalue weighted by Crippen LogP contribution is 2.40. The maximum atomic E-state index is 13.7. The van der Waals surface area contributed by atoms with Crippen molar-refractivity contribution in [2.24, 2.45) is 0 Å². The van der Waals surface area contributed by atoms with Gasteiger partial charge in [-0.2, -0.15) is 0 Å². The molecule has 0 saturated carbocycles. The number of benzene rings is 1. The highest BCUT2D eigenvalue weighted by atomic mass is 16.6. The van der Waals surface area contributed by atoms with Crippen LogP contribution in [0.4, 0.5) is 4.79 Å². The van der Waals surface area contributed by atoms with Crippen molar-refractivity contribution in [1.82, 2.24) is 19.4 Å². The minimum Gasteiger partial charge on any atom is -0.460 e. The zero-order valence-electron chi connectivity index (χ0n) is 25.4. The van der Waals surface area contributed by atoms with E-state index in [2.05, 4.69) is 11.8 Å². The Morgan fingerprint density at radius 2 is 1.84 bits per heavy atom. The summed E-state index contributed by atoms with van der Waals surface area (Å²) in [4.78, 5) is 49.0. The van der Waals surface area contributed by atoms with E-state index in [-0.39, 0.29) is 24.2 Å². The van der Waals surface area contributed by atoms with Crippen LogP contribution in [0.2, 0.25) is 0 Å². The third kappa shape index (κ3) is 4.56. The summed E-state index contributed by atoms with van der Waals surface area (Å²) in [5, 5.41) is 0.0646. The van der Waals surface area contributed by atoms with Gasteiger partial charge in [0.2, 0.25) is 0 Å². The maximum absolute atomic E-state index is 13.7. The SMILES string of the molecule is B[C@]1(CC)C(=O)OCc2c1cc1n(c2=O)Cc2c-1nc1ccc(OC(=O)N3CCC(N4CCCCC4)CC3)cc1c2CC. The normalized spacial score (nSPS) is 22.2. The summed E-state index contributed by atoms with van der Waals surface area (Å²) in [6.45, 7) is 8.24. The number of aryl methyl sites for hydroxylation is 1. The van der Waals surface area contributed by atoms with Gasteiger partial charge in [0, 0.05) is 30.1 Å². The molecule has 7 rings (SSSR count). The number of piperidine rings is 2. The molecule has 1 amide bonds. The van der Waals surface area contributed by atoms with Crippen molar-refractivity contribution in [3.05, 3.63) is 56.9 Å². The van der Waals surface area contributed by atoms with Crippen LogP contribution in [-0.4, -0.2) is 71.5 Å². The topological polar surface area (TPSA) is 94.0 Å². The first kappa shape index (κ1) is 28.1. The number of ether oxygens (including phenoxy) is 2. The second-order valence-corrected chi connectivity index (χ2v) is 12.7. The number of rotatable bonds is 4. The smallest absolute Gasteiger partial charge is 0.415 e. The van der Waals surface area contributed by atoms with E-state index in [0.29, 0.717) is 43.4 Å². The first-order chi connectivity index (χ1) is 20.8. The Kier molecular flexibility index (Phi) is 7.07. The molecule has 0 radical (unpaired) electrons. The van der Waals surface area contributed by atoms with Crippen LogP contribution in [-0.2, 0) is 34.4 Å². The lowest BCUT2D eigenvalue weighted by Crippen LogP contribution is -2.48. The minimum absolute atomic E-state index is 0.0000875. The Labute approximate surface area is 252 Å². The molecule has 2 aromatic heterocycles. The first-order valence-corrected chi connectivity index (χ1v) is 15.9. The molecule has 6 heterocycles. The third-order valence-corrected chi connectivity index (χ3v) is 10.4. The molecule has 2 saturated heterocycles. The molecule has 0 N–H and O–H groups in total. The van der Waals surface area contributed by atoms with Crippen molar-refractivity contribution in [1.29, 1.82) is 0 Å². The van der Waals surface area contributed by atoms with Crippen molar-refractivity contribution < 1.29 is 19.1 Å². The highest BCUT2D eigenvalue weighted by Gasteiger charge is 2.43. The fraction of sp³-hybridized carbons (Fsp3) is 0.515. The van der Waals surface area contributed by atoms with E-state index in [4.69, 9.17) is 14.5 Å². The summed E-state index contributed by atoms with van der Waals surface area (Å²) in [5.74, 6) is 0.212. The van der Waals surface area contributed by atoms with E-state index in [1.807, 2.05) is 37.9 Å². The molecule has 0 spiro atoms. The number of cyclic esters (lactones) is 1. The van der Waals surface area contributed by atoms with Crippen LogP contribution >= 0.6 is 0 Å². The van der Waals surface area contributed by atoms with Gasteiger partial charge in [0.15, 0.2) is 0 Å². The standard InChI is InChI=1S/C33H39BN4O5/c1-3-22-23-16-21(43-32(41)37-14-10-20(11-15-37)36-12-6-5-7-13-36)8-9-27(23)35-29-24(22)18-38-28(29)17-26-25(30(38)39)19-42-31(40)33(26,34)4-2/h8-9,16-17,20H,3-7,10-15,18-19,34H2,1-2H3/t33-/m0/s1. The average Bonchev–Trinajstić information content (AvgIpc) is 3.41. The summed E-state index contributed by atoms with van der Waals surface area (Å²) in [5.41, 5.74) is 5.58. The number of carbonyl (C=O) groups excluding carboxylic acids is 2. The molecule has 2 fully saturated rings. The van der Waals surface area contributed by atoms with Gasteiger partial charge < -0.3 is 23.8 Å². The third-order valence-electron chi connectivity index (χ3n) is 10.4. The van der Waals surface area contributed by atoms with Crippen LogP contribution in [0.25, 0.3) is 22.3 Å². The van der Waals surface area contributed by atoms with Gasteiger partial charge in [-0.1, -0.05) is 20.3 Å². The van der Waals surface area contributed by atoms with Gasteiger partial charge >= 0.3 is 12.1 Å². The van der Waals surface area contributed by atoms with Crippen molar-refractivity contribution in [2.45, 2.75) is 83.3 Å². The van der Waals surface area contributed by atoms with Gasteiger partial charge in [0.25, 0.3) is 5.56 Å². The molecule has 3 aromatic rings. The predicted octanol–water partition coefficient (Wildman–Crippen LogP) is 3.73. The van der Waals surface area contributed by atoms with Crippen LogP contribution in [0, 0.1) is 0 Å². The Morgan fingerprint density at radius 3 is 2.56 bits per heavy atom. The molecule has 9 nitrogen and oxygen atoms in total. The largest absolute Gasteiger partial charge is 0.460 e. The number of nitrogens with zero attached hydrogens (tertiary/aromatic N) is 4. The van der Waals surface area contributed by atoms with Gasteiger partial charge in [-0.05, 0) is 87.0 Å². The fourth-order valence-corrected chi connectivity index (χ4v) is 7.63. The number of carbonyl (C=O) groups is 2. The highest BCUT2D eigenvalue weighted by molar-refractivity contribution is 6.28. The molecule has 4 aliphatic heterocycles. The zero-order valence-corrected chi connectivity index (χ0v) is 25.4. The van der Waals surface area contributed by atoms with E-state index in [1.54, 1.807) is 10.6 Å². The van der Waals surface area contributed by atoms with Crippen molar-refractivity contribution in [2.75, 3.05) is 26.2 Å². The van der Waals surface area contributed by atoms with Crippen LogP contribution in [0.3, 0.4) is 0 Å². The molecule has 1 atom stereocenters. The molecule has 1 aromatic carbocycles. The lowest BCUT2D eigenvalue weighted by atomic mass is 9.60. The predicted molar refractivity (Wildman–Crippen MR) is 166 cm³/mol. The van der Waals surface area contributed by atoms with E-state index < -0.39 is 5.31 Å². The number of pyridine rings is 2. The molecule has 224 valence electrons. The van der Waals surface area contributed by atoms with Crippen LogP contribution in [0.1, 0.15) is 74.6 Å². The molecular weight excluding hydrogens is 543 g/mol. The van der Waals surface area contributed by atoms with Gasteiger partial charge in [-0.25, -0.2) is 9.78 Å². The molecule has 43 heavy (non-hydrogen) atoms. The Hall–Kier alpha value is -3.66. The summed E-state index contributed by atoms with van der Waals surface area (Å²) >= 11 is 0. The first-order valence-electron chi connectivity index (χ1n) is 15.9. The molecule has 10 heteroatoms. The van der Waals surface area contributed by atoms with E-state index in [9.17, 15) is 14.4 Å². The van der Waals surface area contributed by atoms with Crippen LogP contribution < -0.4 is 10.3 Å². The number of hydrogen-bond donors (Lipinski definition) is 0. The van der Waals surface area contributed by atoms with Gasteiger partial charge in [0.1, 0.15) is 20.2 Å². The molecule has 4 aliphatic rings. The van der Waals surface area contributed by atoms with Crippen molar-refractivity contribution in [3.8, 4) is 17.1 Å². The molecule has 0 unspecified atom stereocenters. The van der Waals surface area contributed by atoms with E-state index >= 15 is 0 Å². The number of fused-ring (bicyclic) bond motifs is 5. The number of esters is 1. The summed E-state index contributed by atoms with van der Waals surface area (Å²) < 4.78 is 13.1. The number of aromatic nitrogens is 2. The number of amides is 1. The van der Waals surface area contributed by atoms with Gasteiger partial charge in [0.05, 0.1) is 34.3 Å². The Balaban J connectivity index is 1.16. The molecule has 0 bridgehead atoms. The summed E-state index contributed by atoms with van der Waals surface area (Å²) in [7, 11) is 1.85. The van der Waals surface area contributed by atoms with Crippen molar-refractivity contribution >= 4 is 30.8 Å². The van der Waals surface area contributed by atoms with Crippen LogP contribution in [0.5, 0.6) is 5.75 Å². The van der Waals surface area contributed by atoms with E-state index in [0.717, 1.165) is 58.2 Å². The summed E-state index contributed by atoms with van der Waals surface area (Å²) in [6.07, 6.45) is 6.84. The summed E-state index contributed by atoms with van der Waals surface area (Å²) in [6, 6.07) is 8.16. The Morgan fingerprint density at radius 1 is 1.07 bits per heavy atom. The van der Waals surface area contributed by atoms with Crippen LogP contribution in [0.15, 0.2) is 29.1 Å². The van der Waals surface area contributed by atoms with Gasteiger partial charge in [-0.3, -0.25) is 9.59 Å². The van der Waals surface area contributed by atoms with E-state index in [1.165, 1.54) is 32.4 Å². The molecule has 0 aliphatic carbocycles. The second-order valence-electron chi connectivity index (χ2n) is 12.7. The maximum Gasteiger partial charge on any atom is 0.415 e.